The zero-order valence-corrected chi connectivity index (χ0v) is 11.7. The van der Waals surface area contributed by atoms with Crippen LogP contribution >= 0.6 is 11.8 Å². The highest BCUT2D eigenvalue weighted by Crippen LogP contribution is 2.37. The molecule has 1 heterocycles. The molecule has 2 rings (SSSR count). The molecule has 18 heavy (non-hydrogen) atoms. The molecular formula is C13H18N4S. The molecule has 2 atom stereocenters. The number of aromatic nitrogens is 3. The lowest BCUT2D eigenvalue weighted by molar-refractivity contribution is 0.706. The first-order valence-corrected chi connectivity index (χ1v) is 6.79. The van der Waals surface area contributed by atoms with Crippen molar-refractivity contribution in [1.29, 1.82) is 0 Å². The van der Waals surface area contributed by atoms with Crippen LogP contribution in [0, 0.1) is 6.92 Å². The summed E-state index contributed by atoms with van der Waals surface area (Å²) in [7, 11) is 1.94. The fourth-order valence-electron chi connectivity index (χ4n) is 1.85. The third-order valence-electron chi connectivity index (χ3n) is 2.87. The first-order valence-electron chi connectivity index (χ1n) is 5.91. The minimum atomic E-state index is 0.0489. The SMILES string of the molecule is Cc1ccccc1C(Sc1nncn1C)C(C)N. The van der Waals surface area contributed by atoms with E-state index in [-0.39, 0.29) is 11.3 Å². The summed E-state index contributed by atoms with van der Waals surface area (Å²) >= 11 is 1.66. The zero-order valence-electron chi connectivity index (χ0n) is 10.9. The van der Waals surface area contributed by atoms with Crippen molar-refractivity contribution < 1.29 is 0 Å². The van der Waals surface area contributed by atoms with Gasteiger partial charge in [-0.2, -0.15) is 0 Å². The van der Waals surface area contributed by atoms with Crippen molar-refractivity contribution in [2.75, 3.05) is 0 Å². The standard InChI is InChI=1S/C13H18N4S/c1-9-6-4-5-7-11(9)12(10(2)14)18-13-16-15-8-17(13)3/h4-8,10,12H,14H2,1-3H3. The average molecular weight is 262 g/mol. The number of benzene rings is 1. The lowest BCUT2D eigenvalue weighted by Gasteiger charge is -2.21. The van der Waals surface area contributed by atoms with Gasteiger partial charge in [0.05, 0.1) is 5.25 Å². The summed E-state index contributed by atoms with van der Waals surface area (Å²) in [5.41, 5.74) is 8.65. The van der Waals surface area contributed by atoms with Gasteiger partial charge in [-0.05, 0) is 25.0 Å². The topological polar surface area (TPSA) is 56.7 Å². The molecule has 0 bridgehead atoms. The van der Waals surface area contributed by atoms with Crippen LogP contribution < -0.4 is 5.73 Å². The second-order valence-electron chi connectivity index (χ2n) is 4.48. The monoisotopic (exact) mass is 262 g/mol. The zero-order chi connectivity index (χ0) is 13.1. The second-order valence-corrected chi connectivity index (χ2v) is 5.59. The number of aryl methyl sites for hydroxylation is 2. The number of thioether (sulfide) groups is 1. The highest BCUT2D eigenvalue weighted by atomic mass is 32.2. The highest BCUT2D eigenvalue weighted by molar-refractivity contribution is 7.99. The van der Waals surface area contributed by atoms with E-state index in [9.17, 15) is 0 Å². The molecular weight excluding hydrogens is 244 g/mol. The maximum absolute atomic E-state index is 6.13. The van der Waals surface area contributed by atoms with Gasteiger partial charge in [0.15, 0.2) is 5.16 Å². The minimum Gasteiger partial charge on any atom is -0.327 e. The third kappa shape index (κ3) is 2.73. The van der Waals surface area contributed by atoms with Crippen molar-refractivity contribution in [1.82, 2.24) is 14.8 Å². The molecule has 0 aliphatic heterocycles. The van der Waals surface area contributed by atoms with E-state index in [2.05, 4.69) is 35.3 Å². The highest BCUT2D eigenvalue weighted by Gasteiger charge is 2.21. The van der Waals surface area contributed by atoms with E-state index >= 15 is 0 Å². The Labute approximate surface area is 112 Å². The molecule has 0 aliphatic rings. The molecule has 0 aliphatic carbocycles. The Morgan fingerprint density at radius 2 is 2.06 bits per heavy atom. The number of rotatable bonds is 4. The van der Waals surface area contributed by atoms with Crippen LogP contribution in [0.3, 0.4) is 0 Å². The summed E-state index contributed by atoms with van der Waals surface area (Å²) in [5, 5.41) is 9.09. The average Bonchev–Trinajstić information content (AvgIpc) is 2.73. The molecule has 4 nitrogen and oxygen atoms in total. The lowest BCUT2D eigenvalue weighted by Crippen LogP contribution is -2.23. The molecule has 2 aromatic rings. The molecule has 96 valence electrons. The molecule has 0 fully saturated rings. The molecule has 0 saturated heterocycles. The Balaban J connectivity index is 2.30. The molecule has 1 aromatic heterocycles. The van der Waals surface area contributed by atoms with Gasteiger partial charge < -0.3 is 10.3 Å². The van der Waals surface area contributed by atoms with Gasteiger partial charge in [-0.1, -0.05) is 36.0 Å². The maximum Gasteiger partial charge on any atom is 0.191 e. The number of nitrogens with zero attached hydrogens (tertiary/aromatic N) is 3. The number of hydrogen-bond donors (Lipinski definition) is 1. The van der Waals surface area contributed by atoms with Gasteiger partial charge in [-0.15, -0.1) is 10.2 Å². The first kappa shape index (κ1) is 13.1. The largest absolute Gasteiger partial charge is 0.327 e. The van der Waals surface area contributed by atoms with Gasteiger partial charge in [0.1, 0.15) is 6.33 Å². The van der Waals surface area contributed by atoms with Crippen LogP contribution in [0.25, 0.3) is 0 Å². The number of hydrogen-bond acceptors (Lipinski definition) is 4. The molecule has 0 saturated carbocycles. The fraction of sp³-hybridized carbons (Fsp3) is 0.385. The quantitative estimate of drug-likeness (QED) is 0.859. The van der Waals surface area contributed by atoms with E-state index in [0.29, 0.717) is 0 Å². The van der Waals surface area contributed by atoms with Crippen LogP contribution in [0.5, 0.6) is 0 Å². The third-order valence-corrected chi connectivity index (χ3v) is 4.39. The van der Waals surface area contributed by atoms with E-state index in [0.717, 1.165) is 5.16 Å². The Morgan fingerprint density at radius 3 is 2.61 bits per heavy atom. The van der Waals surface area contributed by atoms with Gasteiger partial charge in [-0.3, -0.25) is 0 Å². The van der Waals surface area contributed by atoms with Crippen molar-refractivity contribution in [3.8, 4) is 0 Å². The number of nitrogens with two attached hydrogens (primary N) is 1. The normalized spacial score (nSPS) is 14.4. The smallest absolute Gasteiger partial charge is 0.191 e. The van der Waals surface area contributed by atoms with E-state index in [4.69, 9.17) is 5.73 Å². The summed E-state index contributed by atoms with van der Waals surface area (Å²) in [6.07, 6.45) is 1.71. The first-order chi connectivity index (χ1) is 8.59. The molecule has 0 amide bonds. The summed E-state index contributed by atoms with van der Waals surface area (Å²) in [4.78, 5) is 0. The molecule has 5 heteroatoms. The van der Waals surface area contributed by atoms with E-state index in [1.165, 1.54) is 11.1 Å². The van der Waals surface area contributed by atoms with Crippen LogP contribution in [0.4, 0.5) is 0 Å². The van der Waals surface area contributed by atoms with Crippen molar-refractivity contribution in [3.63, 3.8) is 0 Å². The van der Waals surface area contributed by atoms with Crippen molar-refractivity contribution in [2.24, 2.45) is 12.8 Å². The van der Waals surface area contributed by atoms with E-state index < -0.39 is 0 Å². The molecule has 1 aromatic carbocycles. The summed E-state index contributed by atoms with van der Waals surface area (Å²) in [6, 6.07) is 8.39. The van der Waals surface area contributed by atoms with Crippen molar-refractivity contribution >= 4 is 11.8 Å². The predicted molar refractivity (Wildman–Crippen MR) is 74.4 cm³/mol. The summed E-state index contributed by atoms with van der Waals surface area (Å²) < 4.78 is 1.92. The Kier molecular flexibility index (Phi) is 4.04. The summed E-state index contributed by atoms with van der Waals surface area (Å²) in [6.45, 7) is 4.14. The van der Waals surface area contributed by atoms with Crippen LogP contribution in [0.2, 0.25) is 0 Å². The van der Waals surface area contributed by atoms with Gasteiger partial charge in [0.2, 0.25) is 0 Å². The maximum atomic E-state index is 6.13. The molecule has 0 radical (unpaired) electrons. The lowest BCUT2D eigenvalue weighted by atomic mass is 10.0. The Morgan fingerprint density at radius 1 is 1.33 bits per heavy atom. The van der Waals surface area contributed by atoms with Crippen molar-refractivity contribution in [2.45, 2.75) is 30.3 Å². The molecule has 2 unspecified atom stereocenters. The van der Waals surface area contributed by atoms with Crippen LogP contribution in [0.1, 0.15) is 23.3 Å². The Hall–Kier alpha value is -1.33. The van der Waals surface area contributed by atoms with Gasteiger partial charge >= 0.3 is 0 Å². The van der Waals surface area contributed by atoms with Gasteiger partial charge in [0, 0.05) is 13.1 Å². The van der Waals surface area contributed by atoms with Crippen LogP contribution in [-0.4, -0.2) is 20.8 Å². The predicted octanol–water partition coefficient (Wildman–Crippen LogP) is 2.30. The minimum absolute atomic E-state index is 0.0489. The second kappa shape index (κ2) is 5.54. The molecule has 0 spiro atoms. The van der Waals surface area contributed by atoms with Gasteiger partial charge in [0.25, 0.3) is 0 Å². The van der Waals surface area contributed by atoms with Gasteiger partial charge in [-0.25, -0.2) is 0 Å². The van der Waals surface area contributed by atoms with Crippen LogP contribution in [0.15, 0.2) is 35.7 Å². The van der Waals surface area contributed by atoms with Crippen LogP contribution in [-0.2, 0) is 7.05 Å². The van der Waals surface area contributed by atoms with E-state index in [1.54, 1.807) is 18.1 Å². The summed E-state index contributed by atoms with van der Waals surface area (Å²) in [5.74, 6) is 0. The van der Waals surface area contributed by atoms with Crippen molar-refractivity contribution in [3.05, 3.63) is 41.7 Å². The van der Waals surface area contributed by atoms with E-state index in [1.807, 2.05) is 24.6 Å². The molecule has 2 N–H and O–H groups in total. The fourth-order valence-corrected chi connectivity index (χ4v) is 2.99. The Bertz CT molecular complexity index is 521.